The maximum Gasteiger partial charge on any atom is 0.310 e. The zero-order valence-electron chi connectivity index (χ0n) is 17.0. The lowest BCUT2D eigenvalue weighted by Gasteiger charge is -2.13. The fourth-order valence-corrected chi connectivity index (χ4v) is 4.11. The predicted octanol–water partition coefficient (Wildman–Crippen LogP) is 5.32. The zero-order chi connectivity index (χ0) is 21.7. The maximum atomic E-state index is 12.1. The third-order valence-electron chi connectivity index (χ3n) is 4.25. The molecule has 0 atom stereocenters. The molecule has 0 fully saturated rings. The van der Waals surface area contributed by atoms with Crippen molar-refractivity contribution in [2.45, 2.75) is 26.2 Å². The Bertz CT molecular complexity index is 1070. The monoisotopic (exact) mass is 443 g/mol. The Hall–Kier alpha value is -2.77. The average molecular weight is 444 g/mol. The number of thiazole rings is 1. The fourth-order valence-electron chi connectivity index (χ4n) is 2.91. The maximum absolute atomic E-state index is 12.1. The number of rotatable bonds is 8. The van der Waals surface area contributed by atoms with Crippen LogP contribution in [0.5, 0.6) is 5.75 Å². The van der Waals surface area contributed by atoms with E-state index in [9.17, 15) is 4.79 Å². The van der Waals surface area contributed by atoms with E-state index in [1.165, 1.54) is 6.08 Å². The molecule has 0 aliphatic rings. The van der Waals surface area contributed by atoms with Gasteiger partial charge in [0.2, 0.25) is 5.28 Å². The molecule has 2 heterocycles. The third kappa shape index (κ3) is 4.86. The Kier molecular flexibility index (Phi) is 7.18. The molecular formula is C22H22ClN3O3S. The number of halogens is 1. The van der Waals surface area contributed by atoms with Gasteiger partial charge >= 0.3 is 5.97 Å². The third-order valence-corrected chi connectivity index (χ3v) is 5.81. The van der Waals surface area contributed by atoms with Gasteiger partial charge in [-0.3, -0.25) is 4.79 Å². The molecule has 0 aliphatic carbocycles. The van der Waals surface area contributed by atoms with Gasteiger partial charge in [0.25, 0.3) is 0 Å². The number of hydrogen-bond donors (Lipinski definition) is 0. The summed E-state index contributed by atoms with van der Waals surface area (Å²) in [4.78, 5) is 26.2. The molecule has 6 nitrogen and oxygen atoms in total. The number of methoxy groups -OCH3 is 1. The van der Waals surface area contributed by atoms with Crippen molar-refractivity contribution in [3.05, 3.63) is 59.0 Å². The molecule has 0 amide bonds. The zero-order valence-corrected chi connectivity index (χ0v) is 18.6. The standard InChI is InChI=1S/C22H22ClN3O3S/c1-5-11-29-17(27)12-14-7-6-8-15(19(14)28-4)18-20(30-21(26-18)13(2)3)16-9-10-24-22(23)25-16/h5-10,13H,1,11-12H2,2-4H3. The van der Waals surface area contributed by atoms with Crippen LogP contribution in [0.25, 0.3) is 21.8 Å². The van der Waals surface area contributed by atoms with Gasteiger partial charge in [-0.15, -0.1) is 11.3 Å². The Balaban J connectivity index is 2.12. The Morgan fingerprint density at radius 1 is 1.30 bits per heavy atom. The first-order valence-corrected chi connectivity index (χ1v) is 10.6. The van der Waals surface area contributed by atoms with Crippen molar-refractivity contribution >= 4 is 28.9 Å². The molecule has 30 heavy (non-hydrogen) atoms. The van der Waals surface area contributed by atoms with Gasteiger partial charge in [0.05, 0.1) is 34.8 Å². The summed E-state index contributed by atoms with van der Waals surface area (Å²) in [5.41, 5.74) is 2.91. The number of carbonyl (C=O) groups is 1. The van der Waals surface area contributed by atoms with E-state index in [4.69, 9.17) is 26.1 Å². The predicted molar refractivity (Wildman–Crippen MR) is 119 cm³/mol. The van der Waals surface area contributed by atoms with E-state index >= 15 is 0 Å². The molecule has 3 aromatic rings. The summed E-state index contributed by atoms with van der Waals surface area (Å²) in [7, 11) is 1.58. The molecule has 0 N–H and O–H groups in total. The largest absolute Gasteiger partial charge is 0.496 e. The Morgan fingerprint density at radius 3 is 2.77 bits per heavy atom. The second-order valence-electron chi connectivity index (χ2n) is 6.74. The van der Waals surface area contributed by atoms with Gasteiger partial charge in [-0.25, -0.2) is 15.0 Å². The summed E-state index contributed by atoms with van der Waals surface area (Å²) in [6.45, 7) is 7.90. The topological polar surface area (TPSA) is 74.2 Å². The fraction of sp³-hybridized carbons (Fsp3) is 0.273. The number of ether oxygens (including phenoxy) is 2. The minimum Gasteiger partial charge on any atom is -0.496 e. The first-order chi connectivity index (χ1) is 14.4. The number of hydrogen-bond acceptors (Lipinski definition) is 7. The normalized spacial score (nSPS) is 10.8. The van der Waals surface area contributed by atoms with Crippen LogP contribution in [0, 0.1) is 0 Å². The van der Waals surface area contributed by atoms with Crippen LogP contribution < -0.4 is 4.74 Å². The van der Waals surface area contributed by atoms with E-state index in [-0.39, 0.29) is 30.2 Å². The van der Waals surface area contributed by atoms with Crippen LogP contribution in [0.1, 0.15) is 30.3 Å². The summed E-state index contributed by atoms with van der Waals surface area (Å²) >= 11 is 7.58. The average Bonchev–Trinajstić information content (AvgIpc) is 3.18. The minimum absolute atomic E-state index is 0.0840. The second kappa shape index (κ2) is 9.82. The molecular weight excluding hydrogens is 422 g/mol. The number of benzene rings is 1. The number of aromatic nitrogens is 3. The van der Waals surface area contributed by atoms with Gasteiger partial charge in [-0.05, 0) is 23.7 Å². The van der Waals surface area contributed by atoms with Gasteiger partial charge in [-0.1, -0.05) is 38.6 Å². The van der Waals surface area contributed by atoms with Crippen molar-refractivity contribution in [3.8, 4) is 27.6 Å². The van der Waals surface area contributed by atoms with Gasteiger partial charge < -0.3 is 9.47 Å². The molecule has 0 aliphatic heterocycles. The van der Waals surface area contributed by atoms with Crippen LogP contribution >= 0.6 is 22.9 Å². The SMILES string of the molecule is C=CCOC(=O)Cc1cccc(-c2nc(C(C)C)sc2-c2ccnc(Cl)n2)c1OC. The van der Waals surface area contributed by atoms with Crippen LogP contribution in [0.2, 0.25) is 5.28 Å². The minimum atomic E-state index is -0.352. The number of carbonyl (C=O) groups excluding carboxylic acids is 1. The van der Waals surface area contributed by atoms with Crippen LogP contribution in [0.15, 0.2) is 43.1 Å². The summed E-state index contributed by atoms with van der Waals surface area (Å²) in [5.74, 6) is 0.465. The summed E-state index contributed by atoms with van der Waals surface area (Å²) in [6.07, 6.45) is 3.24. The van der Waals surface area contributed by atoms with Gasteiger partial charge in [0, 0.05) is 23.2 Å². The molecule has 0 bridgehead atoms. The van der Waals surface area contributed by atoms with Crippen LogP contribution in [-0.2, 0) is 16.0 Å². The van der Waals surface area contributed by atoms with Crippen molar-refractivity contribution in [1.82, 2.24) is 15.0 Å². The molecule has 1 aromatic carbocycles. The van der Waals surface area contributed by atoms with Crippen molar-refractivity contribution in [2.24, 2.45) is 0 Å². The smallest absolute Gasteiger partial charge is 0.310 e. The van der Waals surface area contributed by atoms with E-state index < -0.39 is 0 Å². The summed E-state index contributed by atoms with van der Waals surface area (Å²) < 4.78 is 10.8. The van der Waals surface area contributed by atoms with Gasteiger partial charge in [0.1, 0.15) is 12.4 Å². The van der Waals surface area contributed by atoms with Crippen LogP contribution in [0.4, 0.5) is 0 Å². The molecule has 0 radical (unpaired) electrons. The molecule has 3 rings (SSSR count). The first kappa shape index (κ1) is 21.9. The highest BCUT2D eigenvalue weighted by Gasteiger charge is 2.22. The highest BCUT2D eigenvalue weighted by Crippen LogP contribution is 2.42. The highest BCUT2D eigenvalue weighted by molar-refractivity contribution is 7.15. The summed E-state index contributed by atoms with van der Waals surface area (Å²) in [5, 5.41) is 1.14. The molecule has 0 saturated carbocycles. The lowest BCUT2D eigenvalue weighted by molar-refractivity contribution is -0.141. The molecule has 0 spiro atoms. The van der Waals surface area contributed by atoms with E-state index in [0.29, 0.717) is 11.4 Å². The van der Waals surface area contributed by atoms with E-state index in [1.807, 2.05) is 18.2 Å². The van der Waals surface area contributed by atoms with E-state index in [1.54, 1.807) is 30.7 Å². The lowest BCUT2D eigenvalue weighted by Crippen LogP contribution is -2.09. The van der Waals surface area contributed by atoms with E-state index in [0.717, 1.165) is 26.7 Å². The lowest BCUT2D eigenvalue weighted by atomic mass is 10.0. The van der Waals surface area contributed by atoms with Crippen molar-refractivity contribution in [3.63, 3.8) is 0 Å². The van der Waals surface area contributed by atoms with Crippen LogP contribution in [0.3, 0.4) is 0 Å². The second-order valence-corrected chi connectivity index (χ2v) is 8.11. The Labute approximate surface area is 184 Å². The molecule has 0 unspecified atom stereocenters. The number of esters is 1. The summed E-state index contributed by atoms with van der Waals surface area (Å²) in [6, 6.07) is 7.44. The molecule has 2 aromatic heterocycles. The highest BCUT2D eigenvalue weighted by atomic mass is 35.5. The van der Waals surface area contributed by atoms with Crippen LogP contribution in [-0.4, -0.2) is 34.6 Å². The quantitative estimate of drug-likeness (QED) is 0.266. The molecule has 0 saturated heterocycles. The number of nitrogens with zero attached hydrogens (tertiary/aromatic N) is 3. The Morgan fingerprint density at radius 2 is 2.10 bits per heavy atom. The van der Waals surface area contributed by atoms with Gasteiger partial charge in [-0.2, -0.15) is 0 Å². The first-order valence-electron chi connectivity index (χ1n) is 9.37. The van der Waals surface area contributed by atoms with Crippen molar-refractivity contribution in [2.75, 3.05) is 13.7 Å². The van der Waals surface area contributed by atoms with Crippen molar-refractivity contribution in [1.29, 1.82) is 0 Å². The molecule has 8 heteroatoms. The van der Waals surface area contributed by atoms with E-state index in [2.05, 4.69) is 30.4 Å². The number of para-hydroxylation sites is 1. The molecule has 156 valence electrons. The van der Waals surface area contributed by atoms with Crippen molar-refractivity contribution < 1.29 is 14.3 Å². The van der Waals surface area contributed by atoms with Gasteiger partial charge in [0.15, 0.2) is 0 Å².